The summed E-state index contributed by atoms with van der Waals surface area (Å²) in [7, 11) is 0. The van der Waals surface area contributed by atoms with Crippen LogP contribution in [0.25, 0.3) is 89.7 Å². The van der Waals surface area contributed by atoms with E-state index in [2.05, 4.69) is 39.9 Å². The molecule has 4 aromatic carbocycles. The first-order valence-corrected chi connectivity index (χ1v) is 13.7. The molecule has 0 saturated heterocycles. The molecule has 8 bridgehead atoms. The first kappa shape index (κ1) is 30.7. The number of halogens is 8. The van der Waals surface area contributed by atoms with Crippen molar-refractivity contribution in [3.8, 4) is 45.6 Å². The Morgan fingerprint density at radius 1 is 0.306 bits per heavy atom. The number of hydrogen-bond acceptors (Lipinski definition) is 6. The largest absolute Gasteiger partial charge is 0.357 e. The molecule has 3 aromatic heterocycles. The Labute approximate surface area is 281 Å². The van der Waals surface area contributed by atoms with Crippen LogP contribution in [0.4, 0.5) is 35.1 Å². The molecule has 0 fully saturated rings. The Hall–Kier alpha value is -5.58. The number of nitrogens with zero attached hydrogens (tertiary/aromatic N) is 8. The van der Waals surface area contributed by atoms with Crippen LogP contribution in [0.2, 0.25) is 0 Å². The number of benzene rings is 4. The molecule has 0 amide bonds. The van der Waals surface area contributed by atoms with Crippen molar-refractivity contribution in [2.24, 2.45) is 0 Å². The van der Waals surface area contributed by atoms with Crippen LogP contribution >= 0.6 is 0 Å². The second-order valence-electron chi connectivity index (χ2n) is 10.7. The van der Waals surface area contributed by atoms with Crippen molar-refractivity contribution in [1.29, 1.82) is 0 Å². The van der Waals surface area contributed by atoms with E-state index in [1.54, 1.807) is 0 Å². The zero-order valence-corrected chi connectivity index (χ0v) is 25.0. The maximum absolute atomic E-state index is 14.5. The Morgan fingerprint density at radius 2 is 0.510 bits per heavy atom. The molecule has 8 nitrogen and oxygen atoms in total. The summed E-state index contributed by atoms with van der Waals surface area (Å²) in [6, 6.07) is 6.35. The zero-order valence-electron chi connectivity index (χ0n) is 23.5. The Morgan fingerprint density at radius 3 is 0.735 bits per heavy atom. The van der Waals surface area contributed by atoms with Gasteiger partial charge in [-0.05, 0) is 70.1 Å². The summed E-state index contributed by atoms with van der Waals surface area (Å²) in [6.45, 7) is 0. The van der Waals surface area contributed by atoms with E-state index >= 15 is 0 Å². The molecule has 49 heavy (non-hydrogen) atoms. The van der Waals surface area contributed by atoms with E-state index in [0.717, 1.165) is 48.5 Å². The van der Waals surface area contributed by atoms with Gasteiger partial charge in [-0.25, -0.2) is 45.1 Å². The maximum Gasteiger partial charge on any atom is 0.159 e. The minimum Gasteiger partial charge on any atom is -0.357 e. The van der Waals surface area contributed by atoms with Crippen molar-refractivity contribution >= 4 is 44.1 Å². The molecule has 0 spiro atoms. The summed E-state index contributed by atoms with van der Waals surface area (Å²) in [5.41, 5.74) is -1.40. The topological polar surface area (TPSA) is 106 Å². The predicted octanol–water partition coefficient (Wildman–Crippen LogP) is 7.24. The van der Waals surface area contributed by atoms with E-state index in [9.17, 15) is 35.1 Å². The summed E-state index contributed by atoms with van der Waals surface area (Å²) in [5.74, 6) is -11.2. The quantitative estimate of drug-likeness (QED) is 0.118. The van der Waals surface area contributed by atoms with Crippen LogP contribution in [-0.4, -0.2) is 29.9 Å². The van der Waals surface area contributed by atoms with Crippen LogP contribution in [0.3, 0.4) is 0 Å². The molecular weight excluding hydrogens is 756 g/mol. The van der Waals surface area contributed by atoms with Gasteiger partial charge < -0.3 is 29.9 Å². The van der Waals surface area contributed by atoms with Crippen molar-refractivity contribution in [2.75, 3.05) is 0 Å². The molecule has 245 valence electrons. The third kappa shape index (κ3) is 4.62. The fraction of sp³-hybridized carbons (Fsp3) is 0. The van der Waals surface area contributed by atoms with Crippen LogP contribution in [0, 0.1) is 46.5 Å². The fourth-order valence-electron chi connectivity index (χ4n) is 5.63. The number of fused-ring (bicyclic) bond motifs is 20. The van der Waals surface area contributed by atoms with Crippen LogP contribution < -0.4 is 9.97 Å². The van der Waals surface area contributed by atoms with Gasteiger partial charge in [0.2, 0.25) is 0 Å². The second-order valence-corrected chi connectivity index (χ2v) is 10.7. The monoisotopic (exact) mass is 763 g/mol. The van der Waals surface area contributed by atoms with E-state index in [-0.39, 0.29) is 112 Å². The van der Waals surface area contributed by atoms with Crippen LogP contribution in [-0.2, 0) is 22.4 Å². The molecule has 1 radical (unpaired) electrons. The molecule has 2 aliphatic heterocycles. The Kier molecular flexibility index (Phi) is 6.72. The van der Waals surface area contributed by atoms with Gasteiger partial charge >= 0.3 is 0 Å². The predicted molar refractivity (Wildman–Crippen MR) is 154 cm³/mol. The van der Waals surface area contributed by atoms with Gasteiger partial charge in [-0.15, -0.1) is 0 Å². The number of hydrogen-bond donors (Lipinski definition) is 0. The average molecular weight is 764 g/mol. The molecule has 5 heterocycles. The molecule has 0 N–H and O–H groups in total. The fourth-order valence-corrected chi connectivity index (χ4v) is 5.63. The van der Waals surface area contributed by atoms with Crippen molar-refractivity contribution in [1.82, 2.24) is 39.9 Å². The van der Waals surface area contributed by atoms with E-state index in [0.29, 0.717) is 0 Å². The van der Waals surface area contributed by atoms with E-state index < -0.39 is 46.5 Å². The third-order valence-corrected chi connectivity index (χ3v) is 7.86. The number of aromatic nitrogens is 8. The first-order valence-electron chi connectivity index (χ1n) is 13.7. The summed E-state index contributed by atoms with van der Waals surface area (Å²) in [5, 5.41) is -0.287. The minimum atomic E-state index is -1.27. The molecule has 9 rings (SSSR count). The van der Waals surface area contributed by atoms with E-state index in [1.807, 2.05) is 0 Å². The summed E-state index contributed by atoms with van der Waals surface area (Å²) in [6.07, 6.45) is 0. The Balaban J connectivity index is 0.00000348. The summed E-state index contributed by atoms with van der Waals surface area (Å²) in [4.78, 5) is 34.6. The van der Waals surface area contributed by atoms with Gasteiger partial charge in [-0.1, -0.05) is 0 Å². The third-order valence-electron chi connectivity index (χ3n) is 7.86. The molecular formula is C32H8AgF8N8-2. The van der Waals surface area contributed by atoms with Crippen molar-refractivity contribution in [3.05, 3.63) is 95.1 Å². The van der Waals surface area contributed by atoms with Gasteiger partial charge in [0, 0.05) is 67.2 Å². The van der Waals surface area contributed by atoms with Gasteiger partial charge in [-0.2, -0.15) is 0 Å². The van der Waals surface area contributed by atoms with Crippen LogP contribution in [0.5, 0.6) is 0 Å². The Bertz CT molecular complexity index is 2430. The first-order chi connectivity index (χ1) is 23.0. The maximum atomic E-state index is 14.5. The normalized spacial score (nSPS) is 11.9. The van der Waals surface area contributed by atoms with Gasteiger partial charge in [0.15, 0.2) is 46.5 Å². The zero-order chi connectivity index (χ0) is 33.2. The van der Waals surface area contributed by atoms with Crippen molar-refractivity contribution in [2.45, 2.75) is 0 Å². The molecule has 0 atom stereocenters. The van der Waals surface area contributed by atoms with Crippen molar-refractivity contribution in [3.63, 3.8) is 0 Å². The molecule has 17 heteroatoms. The summed E-state index contributed by atoms with van der Waals surface area (Å²) < 4.78 is 116. The van der Waals surface area contributed by atoms with E-state index in [4.69, 9.17) is 0 Å². The standard InChI is InChI=1S/C32H8F8N8.Ag/c33-17-1-9-10(2-18(17)34)26-41-25(9)45-27-11-3-19(35)20(36)4-12(11)29(42-27)47-31-15-7-23(39)24(40)8-16(15)32(44-31)48-30-14-6-22(38)21(37)5-13(14)28(43-30)46-26;/h1-8H;/q-2;. The molecule has 0 unspecified atom stereocenters. The molecule has 7 aromatic rings. The van der Waals surface area contributed by atoms with Gasteiger partial charge in [0.25, 0.3) is 0 Å². The minimum absolute atomic E-state index is 0. The molecule has 0 saturated carbocycles. The van der Waals surface area contributed by atoms with Crippen molar-refractivity contribution < 1.29 is 57.5 Å². The number of rotatable bonds is 0. The SMILES string of the molecule is Fc1cc2c(cc1F)-c1nc-2nc2[n-]c(nc3nc(nc4[n-]c(n1)c1cc(F)c(F)cc41)-c1cc(F)c(F)cc1-3)c1cc(F)c(F)cc21.[Ag]. The molecule has 2 aliphatic rings. The van der Waals surface area contributed by atoms with E-state index in [1.165, 1.54) is 0 Å². The smallest absolute Gasteiger partial charge is 0.159 e. The van der Waals surface area contributed by atoms with Crippen LogP contribution in [0.15, 0.2) is 48.5 Å². The summed E-state index contributed by atoms with van der Waals surface area (Å²) >= 11 is 0. The second kappa shape index (κ2) is 10.7. The van der Waals surface area contributed by atoms with Gasteiger partial charge in [-0.3, -0.25) is 0 Å². The van der Waals surface area contributed by atoms with Gasteiger partial charge in [0.05, 0.1) is 23.3 Å². The van der Waals surface area contributed by atoms with Gasteiger partial charge in [0.1, 0.15) is 0 Å². The molecule has 0 aliphatic carbocycles. The average Bonchev–Trinajstić information content (AvgIpc) is 3.74. The van der Waals surface area contributed by atoms with Crippen LogP contribution in [0.1, 0.15) is 0 Å².